The van der Waals surface area contributed by atoms with Crippen LogP contribution >= 0.6 is 0 Å². The maximum absolute atomic E-state index is 12.4. The zero-order valence-corrected chi connectivity index (χ0v) is 14.7. The fraction of sp³-hybridized carbons (Fsp3) is 0.235. The summed E-state index contributed by atoms with van der Waals surface area (Å²) in [6.07, 6.45) is -4.80. The number of sulfonamides is 1. The molecule has 2 rings (SSSR count). The third kappa shape index (κ3) is 5.30. The van der Waals surface area contributed by atoms with Crippen molar-refractivity contribution in [2.75, 3.05) is 0 Å². The molecule has 5 nitrogen and oxygen atoms in total. The molecule has 0 bridgehead atoms. The minimum absolute atomic E-state index is 0.0749. The Morgan fingerprint density at radius 2 is 1.73 bits per heavy atom. The van der Waals surface area contributed by atoms with E-state index in [0.29, 0.717) is 5.56 Å². The molecule has 0 spiro atoms. The summed E-state index contributed by atoms with van der Waals surface area (Å²) >= 11 is 0. The molecule has 0 amide bonds. The van der Waals surface area contributed by atoms with E-state index in [1.807, 2.05) is 0 Å². The molecule has 1 N–H and O–H groups in total. The zero-order chi connectivity index (χ0) is 19.5. The highest BCUT2D eigenvalue weighted by molar-refractivity contribution is 7.89. The van der Waals surface area contributed by atoms with Crippen molar-refractivity contribution in [1.29, 1.82) is 0 Å². The molecule has 26 heavy (non-hydrogen) atoms. The van der Waals surface area contributed by atoms with Crippen molar-refractivity contribution < 1.29 is 31.1 Å². The van der Waals surface area contributed by atoms with Gasteiger partial charge in [0.15, 0.2) is 5.78 Å². The molecule has 0 saturated carbocycles. The molecule has 2 aromatic rings. The molecule has 2 aromatic carbocycles. The van der Waals surface area contributed by atoms with E-state index >= 15 is 0 Å². The van der Waals surface area contributed by atoms with Crippen molar-refractivity contribution in [2.45, 2.75) is 31.1 Å². The first-order valence-electron chi connectivity index (χ1n) is 7.47. The SMILES string of the molecule is CC(=O)c1cccc(S(=O)(=O)N[C@H](C)c2ccc(OC(F)(F)F)cc2)c1. The van der Waals surface area contributed by atoms with Crippen LogP contribution in [0.1, 0.15) is 35.8 Å². The largest absolute Gasteiger partial charge is 0.573 e. The number of carbonyl (C=O) groups excluding carboxylic acids is 1. The maximum Gasteiger partial charge on any atom is 0.573 e. The Bertz CT molecular complexity index is 893. The molecule has 0 heterocycles. The van der Waals surface area contributed by atoms with E-state index in [9.17, 15) is 26.4 Å². The lowest BCUT2D eigenvalue weighted by Gasteiger charge is -2.16. The van der Waals surface area contributed by atoms with Crippen LogP contribution in [0, 0.1) is 0 Å². The Labute approximate surface area is 148 Å². The average molecular weight is 387 g/mol. The summed E-state index contributed by atoms with van der Waals surface area (Å²) in [6.45, 7) is 2.87. The Morgan fingerprint density at radius 3 is 2.27 bits per heavy atom. The zero-order valence-electron chi connectivity index (χ0n) is 13.9. The Kier molecular flexibility index (Phi) is 5.72. The fourth-order valence-corrected chi connectivity index (χ4v) is 3.49. The van der Waals surface area contributed by atoms with Crippen LogP contribution in [-0.2, 0) is 10.0 Å². The molecular formula is C17H16F3NO4S. The molecule has 1 atom stereocenters. The van der Waals surface area contributed by atoms with Gasteiger partial charge in [-0.15, -0.1) is 13.2 Å². The lowest BCUT2D eigenvalue weighted by molar-refractivity contribution is -0.274. The number of alkyl halides is 3. The Balaban J connectivity index is 2.16. The number of nitrogens with one attached hydrogen (secondary N) is 1. The second-order valence-electron chi connectivity index (χ2n) is 5.54. The Hall–Kier alpha value is -2.39. The second-order valence-corrected chi connectivity index (χ2v) is 7.26. The van der Waals surface area contributed by atoms with Gasteiger partial charge in [-0.3, -0.25) is 4.79 Å². The van der Waals surface area contributed by atoms with Gasteiger partial charge >= 0.3 is 6.36 Å². The molecule has 0 fully saturated rings. The van der Waals surface area contributed by atoms with Crippen molar-refractivity contribution in [3.05, 3.63) is 59.7 Å². The van der Waals surface area contributed by atoms with Gasteiger partial charge in [0.2, 0.25) is 10.0 Å². The van der Waals surface area contributed by atoms with Crippen molar-refractivity contribution in [3.63, 3.8) is 0 Å². The molecule has 9 heteroatoms. The highest BCUT2D eigenvalue weighted by Crippen LogP contribution is 2.25. The van der Waals surface area contributed by atoms with Gasteiger partial charge in [-0.05, 0) is 43.7 Å². The number of ketones is 1. The predicted molar refractivity (Wildman–Crippen MR) is 88.3 cm³/mol. The summed E-state index contributed by atoms with van der Waals surface area (Å²) in [5.74, 6) is -0.666. The highest BCUT2D eigenvalue weighted by Gasteiger charge is 2.31. The number of rotatable bonds is 6. The number of benzene rings is 2. The van der Waals surface area contributed by atoms with Crippen molar-refractivity contribution >= 4 is 15.8 Å². The van der Waals surface area contributed by atoms with Gasteiger partial charge in [0.05, 0.1) is 4.90 Å². The normalized spacial score (nSPS) is 13.3. The molecule has 0 saturated heterocycles. The quantitative estimate of drug-likeness (QED) is 0.765. The van der Waals surface area contributed by atoms with Crippen LogP contribution in [0.5, 0.6) is 5.75 Å². The van der Waals surface area contributed by atoms with E-state index in [-0.39, 0.29) is 16.2 Å². The summed E-state index contributed by atoms with van der Waals surface area (Å²) in [4.78, 5) is 11.3. The average Bonchev–Trinajstić information content (AvgIpc) is 2.53. The number of halogens is 3. The van der Waals surface area contributed by atoms with Crippen molar-refractivity contribution in [1.82, 2.24) is 4.72 Å². The number of carbonyl (C=O) groups is 1. The van der Waals surface area contributed by atoms with Gasteiger partial charge in [-0.2, -0.15) is 0 Å². The van der Waals surface area contributed by atoms with E-state index in [1.165, 1.54) is 43.3 Å². The van der Waals surface area contributed by atoms with Gasteiger partial charge in [0.1, 0.15) is 5.75 Å². The molecule has 0 aliphatic rings. The third-order valence-electron chi connectivity index (χ3n) is 3.50. The van der Waals surface area contributed by atoms with Crippen LogP contribution in [0.3, 0.4) is 0 Å². The topological polar surface area (TPSA) is 72.5 Å². The number of hydrogen-bond acceptors (Lipinski definition) is 4. The molecule has 140 valence electrons. The van der Waals surface area contributed by atoms with Crippen LogP contribution in [0.25, 0.3) is 0 Å². The van der Waals surface area contributed by atoms with Crippen LogP contribution in [0.15, 0.2) is 53.4 Å². The first kappa shape index (κ1) is 19.9. The van der Waals surface area contributed by atoms with E-state index in [1.54, 1.807) is 6.92 Å². The number of Topliss-reactive ketones (excluding diaryl/α,β-unsaturated/α-hetero) is 1. The monoisotopic (exact) mass is 387 g/mol. The van der Waals surface area contributed by atoms with Gasteiger partial charge in [-0.1, -0.05) is 24.3 Å². The summed E-state index contributed by atoms with van der Waals surface area (Å²) in [6, 6.07) is 9.73. The summed E-state index contributed by atoms with van der Waals surface area (Å²) in [5.41, 5.74) is 0.708. The van der Waals surface area contributed by atoms with E-state index in [0.717, 1.165) is 12.1 Å². The smallest absolute Gasteiger partial charge is 0.406 e. The van der Waals surface area contributed by atoms with Crippen molar-refractivity contribution in [2.24, 2.45) is 0 Å². The Morgan fingerprint density at radius 1 is 1.12 bits per heavy atom. The van der Waals surface area contributed by atoms with E-state index in [2.05, 4.69) is 9.46 Å². The van der Waals surface area contributed by atoms with Crippen molar-refractivity contribution in [3.8, 4) is 5.75 Å². The summed E-state index contributed by atoms with van der Waals surface area (Å²) < 4.78 is 67.6. The molecule has 0 radical (unpaired) electrons. The molecule has 0 unspecified atom stereocenters. The lowest BCUT2D eigenvalue weighted by Crippen LogP contribution is -2.27. The van der Waals surface area contributed by atoms with Gasteiger partial charge in [0.25, 0.3) is 0 Å². The summed E-state index contributed by atoms with van der Waals surface area (Å²) in [5, 5.41) is 0. The fourth-order valence-electron chi connectivity index (χ4n) is 2.21. The lowest BCUT2D eigenvalue weighted by atomic mass is 10.1. The van der Waals surface area contributed by atoms with Gasteiger partial charge in [-0.25, -0.2) is 13.1 Å². The first-order chi connectivity index (χ1) is 12.0. The first-order valence-corrected chi connectivity index (χ1v) is 8.95. The van der Waals surface area contributed by atoms with Crippen LogP contribution in [-0.4, -0.2) is 20.6 Å². The molecule has 0 aromatic heterocycles. The number of hydrogen-bond donors (Lipinski definition) is 1. The maximum atomic E-state index is 12.4. The molecular weight excluding hydrogens is 371 g/mol. The number of ether oxygens (including phenoxy) is 1. The van der Waals surface area contributed by atoms with Crippen LogP contribution in [0.2, 0.25) is 0 Å². The molecule has 0 aliphatic carbocycles. The predicted octanol–water partition coefficient (Wildman–Crippen LogP) is 3.83. The van der Waals surface area contributed by atoms with E-state index in [4.69, 9.17) is 0 Å². The highest BCUT2D eigenvalue weighted by atomic mass is 32.2. The van der Waals surface area contributed by atoms with Crippen LogP contribution < -0.4 is 9.46 Å². The van der Waals surface area contributed by atoms with Crippen LogP contribution in [0.4, 0.5) is 13.2 Å². The minimum atomic E-state index is -4.80. The second kappa shape index (κ2) is 7.46. The molecule has 0 aliphatic heterocycles. The van der Waals surface area contributed by atoms with Gasteiger partial charge < -0.3 is 4.74 Å². The standard InChI is InChI=1S/C17H16F3NO4S/c1-11(13-6-8-15(9-7-13)25-17(18,19)20)21-26(23,24)16-5-3-4-14(10-16)12(2)22/h3-11,21H,1-2H3/t11-/m1/s1. The summed E-state index contributed by atoms with van der Waals surface area (Å²) in [7, 11) is -3.92. The van der Waals surface area contributed by atoms with Gasteiger partial charge in [0, 0.05) is 11.6 Å². The minimum Gasteiger partial charge on any atom is -0.406 e. The third-order valence-corrected chi connectivity index (χ3v) is 5.03. The van der Waals surface area contributed by atoms with E-state index < -0.39 is 28.2 Å².